The first-order valence-corrected chi connectivity index (χ1v) is 16.5. The summed E-state index contributed by atoms with van der Waals surface area (Å²) >= 11 is 3.66. The molecule has 0 fully saturated rings. The van der Waals surface area contributed by atoms with Gasteiger partial charge in [0.05, 0.1) is 21.1 Å². The number of nitrogens with zero attached hydrogens (tertiary/aromatic N) is 2. The van der Waals surface area contributed by atoms with Crippen LogP contribution in [-0.2, 0) is 12.8 Å². The molecule has 4 aromatic heterocycles. The molecule has 4 rings (SSSR count). The first-order valence-electron chi connectivity index (χ1n) is 14.9. The second-order valence-corrected chi connectivity index (χ2v) is 12.6. The molecule has 202 valence electrons. The number of unbranched alkanes of at least 4 members (excludes halogenated alkanes) is 10. The Morgan fingerprint density at radius 1 is 0.447 bits per heavy atom. The number of rotatable bonds is 17. The smallest absolute Gasteiger partial charge is 0.0802 e. The number of thiophene rings is 2. The Kier molecular flexibility index (Phi) is 12.1. The van der Waals surface area contributed by atoms with Crippen LogP contribution in [0.5, 0.6) is 0 Å². The Hall–Kier alpha value is -2.30. The highest BCUT2D eigenvalue weighted by Gasteiger charge is 2.10. The Morgan fingerprint density at radius 3 is 1.24 bits per heavy atom. The molecule has 4 aromatic rings. The second-order valence-electron chi connectivity index (χ2n) is 10.5. The maximum atomic E-state index is 4.79. The number of aromatic nitrogens is 2. The van der Waals surface area contributed by atoms with Crippen LogP contribution in [-0.4, -0.2) is 9.97 Å². The van der Waals surface area contributed by atoms with Crippen LogP contribution in [0.25, 0.3) is 30.9 Å². The van der Waals surface area contributed by atoms with E-state index >= 15 is 0 Å². The van der Waals surface area contributed by atoms with Gasteiger partial charge in [-0.3, -0.25) is 9.97 Å². The van der Waals surface area contributed by atoms with Gasteiger partial charge in [0, 0.05) is 22.1 Å². The third-order valence-electron chi connectivity index (χ3n) is 7.25. The minimum atomic E-state index is 1.08. The van der Waals surface area contributed by atoms with Crippen molar-refractivity contribution in [2.45, 2.75) is 104 Å². The van der Waals surface area contributed by atoms with Gasteiger partial charge in [0.15, 0.2) is 0 Å². The van der Waals surface area contributed by atoms with E-state index < -0.39 is 0 Å². The summed E-state index contributed by atoms with van der Waals surface area (Å²) in [5, 5.41) is 0. The zero-order chi connectivity index (χ0) is 26.4. The van der Waals surface area contributed by atoms with Gasteiger partial charge in [0.2, 0.25) is 0 Å². The van der Waals surface area contributed by atoms with Gasteiger partial charge in [-0.15, -0.1) is 22.7 Å². The van der Waals surface area contributed by atoms with E-state index in [0.717, 1.165) is 24.2 Å². The standard InChI is InChI=1S/C34H44N2S2/c1-3-5-7-9-11-13-15-27-17-19-29(35-25-27)31-21-23-33(37-31)34-24-22-32(38-34)30-20-18-28(26-36-30)16-14-12-10-8-6-4-2/h17-26H,3-16H2,1-2H3. The van der Waals surface area contributed by atoms with E-state index in [1.165, 1.54) is 108 Å². The molecule has 0 aliphatic heterocycles. The topological polar surface area (TPSA) is 25.8 Å². The summed E-state index contributed by atoms with van der Waals surface area (Å²) in [5.74, 6) is 0. The molecule has 0 radical (unpaired) electrons. The van der Waals surface area contributed by atoms with Crippen LogP contribution in [0.15, 0.2) is 60.9 Å². The van der Waals surface area contributed by atoms with Gasteiger partial charge in [0.25, 0.3) is 0 Å². The number of hydrogen-bond donors (Lipinski definition) is 0. The fraction of sp³-hybridized carbons (Fsp3) is 0.471. The van der Waals surface area contributed by atoms with Crippen LogP contribution < -0.4 is 0 Å². The van der Waals surface area contributed by atoms with Crippen molar-refractivity contribution < 1.29 is 0 Å². The first-order chi connectivity index (χ1) is 18.8. The highest BCUT2D eigenvalue weighted by atomic mass is 32.1. The molecule has 0 N–H and O–H groups in total. The molecule has 4 heterocycles. The van der Waals surface area contributed by atoms with E-state index in [4.69, 9.17) is 9.97 Å². The average molecular weight is 545 g/mol. The largest absolute Gasteiger partial charge is 0.255 e. The molecular formula is C34H44N2S2. The van der Waals surface area contributed by atoms with E-state index in [0.29, 0.717) is 0 Å². The molecule has 0 atom stereocenters. The SMILES string of the molecule is CCCCCCCCc1ccc(-c2ccc(-c3ccc(-c4ccc(CCCCCCCC)cn4)s3)s2)nc1. The van der Waals surface area contributed by atoms with Crippen molar-refractivity contribution in [2.75, 3.05) is 0 Å². The van der Waals surface area contributed by atoms with Crippen LogP contribution in [0.1, 0.15) is 102 Å². The van der Waals surface area contributed by atoms with Crippen molar-refractivity contribution >= 4 is 22.7 Å². The molecular weight excluding hydrogens is 501 g/mol. The molecule has 4 heteroatoms. The molecule has 0 spiro atoms. The minimum Gasteiger partial charge on any atom is -0.255 e. The van der Waals surface area contributed by atoms with Gasteiger partial charge >= 0.3 is 0 Å². The summed E-state index contributed by atoms with van der Waals surface area (Å²) in [6.07, 6.45) is 22.5. The lowest BCUT2D eigenvalue weighted by atomic mass is 10.1. The van der Waals surface area contributed by atoms with Crippen LogP contribution in [0.3, 0.4) is 0 Å². The molecule has 0 bridgehead atoms. The lowest BCUT2D eigenvalue weighted by Crippen LogP contribution is -1.89. The van der Waals surface area contributed by atoms with E-state index in [9.17, 15) is 0 Å². The lowest BCUT2D eigenvalue weighted by molar-refractivity contribution is 0.607. The molecule has 0 saturated heterocycles. The third kappa shape index (κ3) is 8.88. The average Bonchev–Trinajstić information content (AvgIpc) is 3.64. The maximum absolute atomic E-state index is 4.79. The van der Waals surface area contributed by atoms with Crippen LogP contribution in [0, 0.1) is 0 Å². The van der Waals surface area contributed by atoms with Crippen LogP contribution in [0.4, 0.5) is 0 Å². The van der Waals surface area contributed by atoms with Crippen molar-refractivity contribution in [3.05, 3.63) is 72.1 Å². The van der Waals surface area contributed by atoms with E-state index in [1.807, 2.05) is 22.7 Å². The second kappa shape index (κ2) is 16.0. The lowest BCUT2D eigenvalue weighted by Gasteiger charge is -2.03. The Balaban J connectivity index is 1.28. The predicted octanol–water partition coefficient (Wildman–Crippen LogP) is 11.4. The number of aryl methyl sites for hydroxylation is 2. The first kappa shape index (κ1) is 28.7. The number of pyridine rings is 2. The minimum absolute atomic E-state index is 1.08. The molecule has 38 heavy (non-hydrogen) atoms. The fourth-order valence-corrected chi connectivity index (χ4v) is 6.93. The van der Waals surface area contributed by atoms with Crippen molar-refractivity contribution in [1.29, 1.82) is 0 Å². The highest BCUT2D eigenvalue weighted by Crippen LogP contribution is 2.39. The van der Waals surface area contributed by atoms with Crippen molar-refractivity contribution in [2.24, 2.45) is 0 Å². The summed E-state index contributed by atoms with van der Waals surface area (Å²) in [6.45, 7) is 4.55. The van der Waals surface area contributed by atoms with Gasteiger partial charge < -0.3 is 0 Å². The molecule has 0 unspecified atom stereocenters. The third-order valence-corrected chi connectivity index (χ3v) is 9.66. The summed E-state index contributed by atoms with van der Waals surface area (Å²) in [6, 6.07) is 17.8. The Labute approximate surface area is 238 Å². The van der Waals surface area contributed by atoms with Gasteiger partial charge in [-0.25, -0.2) is 0 Å². The quantitative estimate of drug-likeness (QED) is 0.124. The predicted molar refractivity (Wildman–Crippen MR) is 168 cm³/mol. The zero-order valence-corrected chi connectivity index (χ0v) is 25.0. The normalized spacial score (nSPS) is 11.3. The van der Waals surface area contributed by atoms with Gasteiger partial charge in [-0.2, -0.15) is 0 Å². The Bertz CT molecular complexity index is 1090. The highest BCUT2D eigenvalue weighted by molar-refractivity contribution is 7.25. The summed E-state index contributed by atoms with van der Waals surface area (Å²) in [4.78, 5) is 14.6. The summed E-state index contributed by atoms with van der Waals surface area (Å²) < 4.78 is 0. The molecule has 0 saturated carbocycles. The summed E-state index contributed by atoms with van der Waals surface area (Å²) in [7, 11) is 0. The van der Waals surface area contributed by atoms with Crippen LogP contribution >= 0.6 is 22.7 Å². The van der Waals surface area contributed by atoms with E-state index in [2.05, 4.69) is 74.8 Å². The zero-order valence-electron chi connectivity index (χ0n) is 23.4. The van der Waals surface area contributed by atoms with Crippen molar-refractivity contribution in [3.8, 4) is 30.9 Å². The van der Waals surface area contributed by atoms with Crippen molar-refractivity contribution in [1.82, 2.24) is 9.97 Å². The Morgan fingerprint density at radius 2 is 0.842 bits per heavy atom. The van der Waals surface area contributed by atoms with Gasteiger partial charge in [-0.05, 0) is 73.2 Å². The molecule has 0 aromatic carbocycles. The van der Waals surface area contributed by atoms with Gasteiger partial charge in [0.1, 0.15) is 0 Å². The fourth-order valence-electron chi connectivity index (χ4n) is 4.87. The van der Waals surface area contributed by atoms with Crippen LogP contribution in [0.2, 0.25) is 0 Å². The number of hydrogen-bond acceptors (Lipinski definition) is 4. The van der Waals surface area contributed by atoms with E-state index in [-0.39, 0.29) is 0 Å². The molecule has 0 aliphatic rings. The molecule has 0 aliphatic carbocycles. The molecule has 2 nitrogen and oxygen atoms in total. The van der Waals surface area contributed by atoms with E-state index in [1.54, 1.807) is 0 Å². The van der Waals surface area contributed by atoms with Gasteiger partial charge in [-0.1, -0.05) is 90.2 Å². The van der Waals surface area contributed by atoms with Crippen molar-refractivity contribution in [3.63, 3.8) is 0 Å². The maximum Gasteiger partial charge on any atom is 0.0802 e. The monoisotopic (exact) mass is 544 g/mol. The molecule has 0 amide bonds. The summed E-state index contributed by atoms with van der Waals surface area (Å²) in [5.41, 5.74) is 4.86.